The van der Waals surface area contributed by atoms with Gasteiger partial charge in [-0.15, -0.1) is 0 Å². The molecule has 0 unspecified atom stereocenters. The van der Waals surface area contributed by atoms with E-state index in [-0.39, 0.29) is 0 Å². The Balaban J connectivity index is 1.50. The van der Waals surface area contributed by atoms with Crippen molar-refractivity contribution < 1.29 is 8.83 Å². The van der Waals surface area contributed by atoms with Crippen molar-refractivity contribution >= 4 is 71.8 Å². The Kier molecular flexibility index (Phi) is 4.16. The average molecular weight is 478 g/mol. The van der Waals surface area contributed by atoms with E-state index >= 15 is 0 Å². The molecular weight excluding hydrogens is 458 g/mol. The number of benzene rings is 4. The lowest BCUT2D eigenvalue weighted by Gasteiger charge is -2.25. The molecule has 0 amide bonds. The molecule has 5 heteroatoms. The summed E-state index contributed by atoms with van der Waals surface area (Å²) in [5, 5.41) is 6.26. The normalized spacial score (nSPS) is 11.8. The molecule has 8 aromatic rings. The fraction of sp³-hybridized carbons (Fsp3) is 0. The molecule has 4 heterocycles. The zero-order valence-electron chi connectivity index (χ0n) is 19.6. The van der Waals surface area contributed by atoms with E-state index in [0.717, 1.165) is 66.5 Å². The number of fused-ring (bicyclic) bond motifs is 7. The van der Waals surface area contributed by atoms with Crippen LogP contribution in [0.25, 0.3) is 54.6 Å². The van der Waals surface area contributed by atoms with Gasteiger partial charge < -0.3 is 8.83 Å². The summed E-state index contributed by atoms with van der Waals surface area (Å²) in [5.41, 5.74) is 4.96. The first-order valence-corrected chi connectivity index (χ1v) is 12.2. The predicted molar refractivity (Wildman–Crippen MR) is 149 cm³/mol. The first kappa shape index (κ1) is 20.1. The van der Waals surface area contributed by atoms with Gasteiger partial charge in [0.15, 0.2) is 5.58 Å². The molecule has 8 rings (SSSR count). The molecule has 0 spiro atoms. The van der Waals surface area contributed by atoms with E-state index in [4.69, 9.17) is 13.8 Å². The lowest BCUT2D eigenvalue weighted by atomic mass is 10.1. The Morgan fingerprint density at radius 2 is 1.35 bits per heavy atom. The second-order valence-corrected chi connectivity index (χ2v) is 9.11. The van der Waals surface area contributed by atoms with Crippen molar-refractivity contribution in [1.82, 2.24) is 9.97 Å². The zero-order chi connectivity index (χ0) is 24.3. The highest BCUT2D eigenvalue weighted by Crippen LogP contribution is 2.45. The van der Waals surface area contributed by atoms with Crippen LogP contribution in [0.1, 0.15) is 0 Å². The number of anilines is 3. The van der Waals surface area contributed by atoms with Gasteiger partial charge in [-0.25, -0.2) is 4.98 Å². The smallest absolute Gasteiger partial charge is 0.162 e. The van der Waals surface area contributed by atoms with E-state index in [1.54, 1.807) is 6.20 Å². The van der Waals surface area contributed by atoms with Gasteiger partial charge in [0.25, 0.3) is 0 Å². The summed E-state index contributed by atoms with van der Waals surface area (Å²) in [6, 6.07) is 32.8. The lowest BCUT2D eigenvalue weighted by molar-refractivity contribution is 0.667. The number of para-hydroxylation sites is 2. The van der Waals surface area contributed by atoms with Crippen molar-refractivity contribution in [3.05, 3.63) is 116 Å². The molecule has 0 saturated carbocycles. The van der Waals surface area contributed by atoms with Gasteiger partial charge in [-0.2, -0.15) is 0 Å². The van der Waals surface area contributed by atoms with Crippen LogP contribution < -0.4 is 4.90 Å². The Bertz CT molecular complexity index is 2120. The largest absolute Gasteiger partial charge is 0.456 e. The summed E-state index contributed by atoms with van der Waals surface area (Å²) in [5.74, 6) is 0.757. The van der Waals surface area contributed by atoms with E-state index in [0.29, 0.717) is 0 Å². The van der Waals surface area contributed by atoms with Crippen molar-refractivity contribution in [1.29, 1.82) is 0 Å². The van der Waals surface area contributed by atoms with E-state index in [2.05, 4.69) is 64.5 Å². The molecule has 0 aliphatic carbocycles. The molecular formula is C32H19N3O2. The second kappa shape index (κ2) is 7.67. The van der Waals surface area contributed by atoms with Crippen molar-refractivity contribution in [2.45, 2.75) is 0 Å². The average Bonchev–Trinajstić information content (AvgIpc) is 3.52. The molecule has 5 nitrogen and oxygen atoms in total. The monoisotopic (exact) mass is 477 g/mol. The van der Waals surface area contributed by atoms with E-state index in [1.165, 1.54) is 5.39 Å². The van der Waals surface area contributed by atoms with Crippen molar-refractivity contribution in [2.24, 2.45) is 0 Å². The Morgan fingerprint density at radius 3 is 2.24 bits per heavy atom. The third-order valence-corrected chi connectivity index (χ3v) is 6.98. The SMILES string of the molecule is c1ccc2cc(N(c3cncc4c3oc3ccccc34)c3nccc4oc5ccccc5c34)ccc2c1. The highest BCUT2D eigenvalue weighted by atomic mass is 16.3. The van der Waals surface area contributed by atoms with Crippen LogP contribution in [0.2, 0.25) is 0 Å². The molecule has 0 aliphatic rings. The molecule has 0 atom stereocenters. The lowest BCUT2D eigenvalue weighted by Crippen LogP contribution is -2.12. The van der Waals surface area contributed by atoms with Crippen LogP contribution in [-0.2, 0) is 0 Å². The van der Waals surface area contributed by atoms with Crippen LogP contribution >= 0.6 is 0 Å². The zero-order valence-corrected chi connectivity index (χ0v) is 19.6. The van der Waals surface area contributed by atoms with Gasteiger partial charge in [0, 0.05) is 34.2 Å². The fourth-order valence-corrected chi connectivity index (χ4v) is 5.30. The van der Waals surface area contributed by atoms with Gasteiger partial charge in [-0.05, 0) is 41.1 Å². The number of furan rings is 2. The van der Waals surface area contributed by atoms with E-state index < -0.39 is 0 Å². The minimum atomic E-state index is 0.757. The Labute approximate surface area is 211 Å². The Hall–Kier alpha value is -5.16. The number of hydrogen-bond acceptors (Lipinski definition) is 5. The van der Waals surface area contributed by atoms with Crippen LogP contribution in [0.15, 0.2) is 124 Å². The maximum absolute atomic E-state index is 6.44. The Morgan fingerprint density at radius 1 is 0.595 bits per heavy atom. The summed E-state index contributed by atoms with van der Waals surface area (Å²) < 4.78 is 12.7. The van der Waals surface area contributed by atoms with Gasteiger partial charge in [-0.3, -0.25) is 9.88 Å². The highest BCUT2D eigenvalue weighted by Gasteiger charge is 2.24. The number of hydrogen-bond donors (Lipinski definition) is 0. The molecule has 37 heavy (non-hydrogen) atoms. The standard InChI is InChI=1S/C32H19N3O2/c1-2-8-21-17-22(14-13-20(21)7-1)35(26-19-33-18-25-23-9-3-5-11-27(23)37-31(25)26)32-30-24-10-4-6-12-28(24)36-29(30)15-16-34-32/h1-19H. The fourth-order valence-electron chi connectivity index (χ4n) is 5.30. The first-order valence-electron chi connectivity index (χ1n) is 12.2. The summed E-state index contributed by atoms with van der Waals surface area (Å²) >= 11 is 0. The maximum Gasteiger partial charge on any atom is 0.162 e. The van der Waals surface area contributed by atoms with Crippen LogP contribution in [0.4, 0.5) is 17.2 Å². The maximum atomic E-state index is 6.44. The van der Waals surface area contributed by atoms with Crippen LogP contribution in [0.5, 0.6) is 0 Å². The molecule has 174 valence electrons. The quantitative estimate of drug-likeness (QED) is 0.254. The number of pyridine rings is 2. The number of nitrogens with zero attached hydrogens (tertiary/aromatic N) is 3. The first-order chi connectivity index (χ1) is 18.3. The molecule has 4 aromatic carbocycles. The number of aromatic nitrogens is 2. The summed E-state index contributed by atoms with van der Waals surface area (Å²) in [6.07, 6.45) is 5.51. The summed E-state index contributed by atoms with van der Waals surface area (Å²) in [6.45, 7) is 0. The van der Waals surface area contributed by atoms with Crippen molar-refractivity contribution in [2.75, 3.05) is 4.90 Å². The van der Waals surface area contributed by atoms with E-state index in [1.807, 2.05) is 54.9 Å². The van der Waals surface area contributed by atoms with Crippen LogP contribution in [0.3, 0.4) is 0 Å². The third kappa shape index (κ3) is 2.98. The molecule has 0 N–H and O–H groups in total. The van der Waals surface area contributed by atoms with E-state index in [9.17, 15) is 0 Å². The topological polar surface area (TPSA) is 55.3 Å². The van der Waals surface area contributed by atoms with Crippen LogP contribution in [-0.4, -0.2) is 9.97 Å². The minimum absolute atomic E-state index is 0.757. The molecule has 0 bridgehead atoms. The van der Waals surface area contributed by atoms with Gasteiger partial charge in [0.1, 0.15) is 28.3 Å². The van der Waals surface area contributed by atoms with Crippen molar-refractivity contribution in [3.63, 3.8) is 0 Å². The molecule has 0 aliphatic heterocycles. The minimum Gasteiger partial charge on any atom is -0.456 e. The third-order valence-electron chi connectivity index (χ3n) is 6.98. The molecule has 4 aromatic heterocycles. The summed E-state index contributed by atoms with van der Waals surface area (Å²) in [7, 11) is 0. The predicted octanol–water partition coefficient (Wildman–Crippen LogP) is 8.90. The van der Waals surface area contributed by atoms with Gasteiger partial charge >= 0.3 is 0 Å². The van der Waals surface area contributed by atoms with Gasteiger partial charge in [0.05, 0.1) is 11.6 Å². The number of rotatable bonds is 3. The summed E-state index contributed by atoms with van der Waals surface area (Å²) in [4.78, 5) is 11.7. The molecule has 0 radical (unpaired) electrons. The van der Waals surface area contributed by atoms with Crippen LogP contribution in [0, 0.1) is 0 Å². The van der Waals surface area contributed by atoms with Crippen molar-refractivity contribution in [3.8, 4) is 0 Å². The van der Waals surface area contributed by atoms with Gasteiger partial charge in [-0.1, -0.05) is 66.7 Å². The molecule has 0 saturated heterocycles. The van der Waals surface area contributed by atoms with Gasteiger partial charge in [0.2, 0.25) is 0 Å². The second-order valence-electron chi connectivity index (χ2n) is 9.11. The highest BCUT2D eigenvalue weighted by molar-refractivity contribution is 6.15. The molecule has 0 fully saturated rings.